The lowest BCUT2D eigenvalue weighted by molar-refractivity contribution is -0.178. The van der Waals surface area contributed by atoms with Gasteiger partial charge in [0.25, 0.3) is 0 Å². The number of hydrogen-bond acceptors (Lipinski definition) is 3. The van der Waals surface area contributed by atoms with Crippen LogP contribution in [0.25, 0.3) is 0 Å². The average Bonchev–Trinajstić information content (AvgIpc) is 2.88. The Morgan fingerprint density at radius 3 is 2.47 bits per heavy atom. The highest BCUT2D eigenvalue weighted by atomic mass is 19.1. The summed E-state index contributed by atoms with van der Waals surface area (Å²) in [6.45, 7) is 1.35. The molecule has 1 aliphatic heterocycles. The number of halogens is 1. The second-order valence-electron chi connectivity index (χ2n) is 5.28. The summed E-state index contributed by atoms with van der Waals surface area (Å²) < 4.78 is 25.0. The largest absolute Gasteiger partial charge is 0.348 e. The van der Waals surface area contributed by atoms with Crippen LogP contribution in [0.15, 0.2) is 18.2 Å². The Morgan fingerprint density at radius 1 is 1.21 bits per heavy atom. The third-order valence-electron chi connectivity index (χ3n) is 4.18. The molecule has 102 valence electrons. The summed E-state index contributed by atoms with van der Waals surface area (Å²) in [5, 5.41) is 0. The average molecular weight is 264 g/mol. The zero-order chi connectivity index (χ0) is 13.3. The summed E-state index contributed by atoms with van der Waals surface area (Å²) in [6.07, 6.45) is 4.12. The van der Waals surface area contributed by atoms with Crippen LogP contribution >= 0.6 is 0 Å². The van der Waals surface area contributed by atoms with Crippen molar-refractivity contribution in [3.63, 3.8) is 0 Å². The number of aldehydes is 1. The first kappa shape index (κ1) is 12.8. The van der Waals surface area contributed by atoms with E-state index in [9.17, 15) is 9.18 Å². The van der Waals surface area contributed by atoms with Crippen LogP contribution in [0.2, 0.25) is 0 Å². The standard InChI is InChI=1S/C15H17FO3/c16-14-9-12(1-2-13(14)10-17)11-3-5-15(6-4-11)18-7-8-19-15/h1-2,9-11H,3-8H2. The molecule has 0 radical (unpaired) electrons. The second kappa shape index (κ2) is 5.02. The van der Waals surface area contributed by atoms with E-state index in [0.717, 1.165) is 31.2 Å². The predicted octanol–water partition coefficient (Wildman–Crippen LogP) is 3.04. The maximum atomic E-state index is 13.6. The van der Waals surface area contributed by atoms with E-state index in [1.807, 2.05) is 6.07 Å². The fourth-order valence-corrected chi connectivity index (χ4v) is 3.07. The van der Waals surface area contributed by atoms with Crippen molar-refractivity contribution < 1.29 is 18.7 Å². The molecule has 3 rings (SSSR count). The monoisotopic (exact) mass is 264 g/mol. The summed E-state index contributed by atoms with van der Waals surface area (Å²) in [7, 11) is 0. The van der Waals surface area contributed by atoms with Gasteiger partial charge in [0.15, 0.2) is 12.1 Å². The van der Waals surface area contributed by atoms with Gasteiger partial charge in [-0.3, -0.25) is 4.79 Å². The van der Waals surface area contributed by atoms with Crippen molar-refractivity contribution in [3.05, 3.63) is 35.1 Å². The summed E-state index contributed by atoms with van der Waals surface area (Å²) in [6, 6.07) is 4.90. The molecule has 2 aliphatic rings. The third kappa shape index (κ3) is 2.42. The van der Waals surface area contributed by atoms with Crippen LogP contribution in [0.1, 0.15) is 47.5 Å². The lowest BCUT2D eigenvalue weighted by Gasteiger charge is -2.35. The highest BCUT2D eigenvalue weighted by Gasteiger charge is 2.40. The molecule has 1 aromatic rings. The van der Waals surface area contributed by atoms with Gasteiger partial charge in [-0.05, 0) is 36.5 Å². The molecule has 1 saturated carbocycles. The van der Waals surface area contributed by atoms with Gasteiger partial charge in [-0.1, -0.05) is 6.07 Å². The minimum absolute atomic E-state index is 0.124. The molecule has 0 atom stereocenters. The quantitative estimate of drug-likeness (QED) is 0.770. The van der Waals surface area contributed by atoms with Gasteiger partial charge in [-0.15, -0.1) is 0 Å². The van der Waals surface area contributed by atoms with Crippen molar-refractivity contribution in [1.29, 1.82) is 0 Å². The van der Waals surface area contributed by atoms with Gasteiger partial charge in [-0.2, -0.15) is 0 Å². The van der Waals surface area contributed by atoms with Crippen LogP contribution in [-0.4, -0.2) is 25.3 Å². The maximum absolute atomic E-state index is 13.6. The number of ether oxygens (including phenoxy) is 2. The van der Waals surface area contributed by atoms with E-state index in [4.69, 9.17) is 9.47 Å². The molecule has 0 aromatic heterocycles. The van der Waals surface area contributed by atoms with Crippen molar-refractivity contribution in [2.75, 3.05) is 13.2 Å². The van der Waals surface area contributed by atoms with Crippen molar-refractivity contribution in [2.24, 2.45) is 0 Å². The molecule has 2 fully saturated rings. The Bertz CT molecular complexity index is 470. The van der Waals surface area contributed by atoms with Crippen LogP contribution in [0, 0.1) is 5.82 Å². The maximum Gasteiger partial charge on any atom is 0.168 e. The van der Waals surface area contributed by atoms with Crippen LogP contribution in [0.3, 0.4) is 0 Å². The molecule has 0 amide bonds. The van der Waals surface area contributed by atoms with Crippen molar-refractivity contribution in [2.45, 2.75) is 37.4 Å². The normalized spacial score (nSPS) is 22.8. The summed E-state index contributed by atoms with van der Waals surface area (Å²) in [5.41, 5.74) is 1.09. The number of carbonyl (C=O) groups is 1. The van der Waals surface area contributed by atoms with Gasteiger partial charge in [0, 0.05) is 12.8 Å². The lowest BCUT2D eigenvalue weighted by atomic mass is 9.81. The van der Waals surface area contributed by atoms with E-state index in [1.54, 1.807) is 6.07 Å². The molecule has 1 aliphatic carbocycles. The van der Waals surface area contributed by atoms with E-state index in [2.05, 4.69) is 0 Å². The van der Waals surface area contributed by atoms with E-state index in [-0.39, 0.29) is 11.4 Å². The topological polar surface area (TPSA) is 35.5 Å². The highest BCUT2D eigenvalue weighted by Crippen LogP contribution is 2.42. The zero-order valence-electron chi connectivity index (χ0n) is 10.7. The van der Waals surface area contributed by atoms with Crippen molar-refractivity contribution >= 4 is 6.29 Å². The molecule has 0 N–H and O–H groups in total. The van der Waals surface area contributed by atoms with E-state index in [0.29, 0.717) is 25.4 Å². The molecule has 4 heteroatoms. The Hall–Kier alpha value is -1.26. The Labute approximate surface area is 111 Å². The van der Waals surface area contributed by atoms with Crippen molar-refractivity contribution in [3.8, 4) is 0 Å². The SMILES string of the molecule is O=Cc1ccc(C2CCC3(CC2)OCCO3)cc1F. The molecular formula is C15H17FO3. The van der Waals surface area contributed by atoms with Crippen LogP contribution in [0.5, 0.6) is 0 Å². The molecule has 1 heterocycles. The molecule has 0 unspecified atom stereocenters. The number of benzene rings is 1. The number of rotatable bonds is 2. The summed E-state index contributed by atoms with van der Waals surface area (Å²) >= 11 is 0. The molecule has 0 bridgehead atoms. The van der Waals surface area contributed by atoms with Crippen LogP contribution in [-0.2, 0) is 9.47 Å². The van der Waals surface area contributed by atoms with Gasteiger partial charge in [-0.25, -0.2) is 4.39 Å². The first-order valence-electron chi connectivity index (χ1n) is 6.75. The van der Waals surface area contributed by atoms with Gasteiger partial charge in [0.05, 0.1) is 18.8 Å². The smallest absolute Gasteiger partial charge is 0.168 e. The molecular weight excluding hydrogens is 247 g/mol. The molecule has 1 aromatic carbocycles. The van der Waals surface area contributed by atoms with E-state index in [1.165, 1.54) is 6.07 Å². The summed E-state index contributed by atoms with van der Waals surface area (Å²) in [5.74, 6) is -0.479. The second-order valence-corrected chi connectivity index (χ2v) is 5.28. The highest BCUT2D eigenvalue weighted by molar-refractivity contribution is 5.75. The minimum atomic E-state index is -0.429. The zero-order valence-corrected chi connectivity index (χ0v) is 10.7. The predicted molar refractivity (Wildman–Crippen MR) is 67.6 cm³/mol. The van der Waals surface area contributed by atoms with Gasteiger partial charge in [0.1, 0.15) is 5.82 Å². The lowest BCUT2D eigenvalue weighted by Crippen LogP contribution is -2.34. The molecule has 19 heavy (non-hydrogen) atoms. The third-order valence-corrected chi connectivity index (χ3v) is 4.18. The van der Waals surface area contributed by atoms with Gasteiger partial charge < -0.3 is 9.47 Å². The Kier molecular flexibility index (Phi) is 3.37. The molecule has 1 spiro atoms. The first-order valence-corrected chi connectivity index (χ1v) is 6.75. The van der Waals surface area contributed by atoms with Gasteiger partial charge >= 0.3 is 0 Å². The van der Waals surface area contributed by atoms with Crippen molar-refractivity contribution in [1.82, 2.24) is 0 Å². The first-order chi connectivity index (χ1) is 9.22. The summed E-state index contributed by atoms with van der Waals surface area (Å²) in [4.78, 5) is 10.6. The van der Waals surface area contributed by atoms with Gasteiger partial charge in [0.2, 0.25) is 0 Å². The Morgan fingerprint density at radius 2 is 1.89 bits per heavy atom. The fraction of sp³-hybridized carbons (Fsp3) is 0.533. The molecule has 1 saturated heterocycles. The van der Waals surface area contributed by atoms with Crippen LogP contribution in [0.4, 0.5) is 4.39 Å². The Balaban J connectivity index is 1.71. The van der Waals surface area contributed by atoms with E-state index < -0.39 is 5.82 Å². The van der Waals surface area contributed by atoms with Crippen LogP contribution < -0.4 is 0 Å². The minimum Gasteiger partial charge on any atom is -0.348 e. The van der Waals surface area contributed by atoms with E-state index >= 15 is 0 Å². The fourth-order valence-electron chi connectivity index (χ4n) is 3.07. The molecule has 3 nitrogen and oxygen atoms in total. The number of carbonyl (C=O) groups excluding carboxylic acids is 1. The number of hydrogen-bond donors (Lipinski definition) is 0.